The van der Waals surface area contributed by atoms with Gasteiger partial charge in [-0.05, 0) is 25.8 Å². The molecule has 0 aliphatic heterocycles. The fraction of sp³-hybridized carbons (Fsp3) is 1.00. The molecule has 1 saturated carbocycles. The Morgan fingerprint density at radius 3 is 2.79 bits per heavy atom. The predicted octanol–water partition coefficient (Wildman–Crippen LogP) is 1.17. The second kappa shape index (κ2) is 8.49. The average Bonchev–Trinajstić information content (AvgIpc) is 2.25. The van der Waals surface area contributed by atoms with Crippen LogP contribution in [0.4, 0.5) is 0 Å². The summed E-state index contributed by atoms with van der Waals surface area (Å²) in [6, 6.07) is 0.713. The summed E-state index contributed by atoms with van der Waals surface area (Å²) in [4.78, 5) is 0. The van der Waals surface area contributed by atoms with E-state index in [2.05, 4.69) is 14.7 Å². The van der Waals surface area contributed by atoms with E-state index in [0.29, 0.717) is 6.04 Å². The molecule has 0 spiro atoms. The van der Waals surface area contributed by atoms with Crippen LogP contribution >= 0.6 is 12.0 Å². The van der Waals surface area contributed by atoms with Gasteiger partial charge in [0.25, 0.3) is 0 Å². The highest BCUT2D eigenvalue weighted by atomic mass is 32.2. The lowest BCUT2D eigenvalue weighted by molar-refractivity contribution is -0.777. The molecular weight excluding hydrogens is 202 g/mol. The van der Waals surface area contributed by atoms with Crippen molar-refractivity contribution in [2.75, 3.05) is 12.3 Å². The van der Waals surface area contributed by atoms with E-state index in [1.165, 1.54) is 32.1 Å². The number of hydrogen-bond acceptors (Lipinski definition) is 5. The van der Waals surface area contributed by atoms with Crippen LogP contribution in [0.3, 0.4) is 0 Å². The Balaban J connectivity index is 1.82. The molecule has 0 aromatic heterocycles. The summed E-state index contributed by atoms with van der Waals surface area (Å²) in [5, 5.41) is 16.2. The molecule has 0 atom stereocenters. The molecule has 0 heterocycles. The van der Waals surface area contributed by atoms with Gasteiger partial charge in [-0.25, -0.2) is 0 Å². The molecule has 4 nitrogen and oxygen atoms in total. The van der Waals surface area contributed by atoms with Gasteiger partial charge in [0.2, 0.25) is 0 Å². The summed E-state index contributed by atoms with van der Waals surface area (Å²) in [7, 11) is 0. The maximum atomic E-state index is 9.45. The SMILES string of the molecule is [O-]OOSCCCNC1CCCCC1. The first-order valence-electron chi connectivity index (χ1n) is 5.25. The van der Waals surface area contributed by atoms with Crippen LogP contribution in [0.25, 0.3) is 0 Å². The van der Waals surface area contributed by atoms with Crippen molar-refractivity contribution in [1.82, 2.24) is 5.32 Å². The normalized spacial score (nSPS) is 18.6. The monoisotopic (exact) mass is 220 g/mol. The third-order valence-electron chi connectivity index (χ3n) is 2.52. The van der Waals surface area contributed by atoms with Gasteiger partial charge in [-0.2, -0.15) is 4.33 Å². The van der Waals surface area contributed by atoms with Crippen molar-refractivity contribution in [3.05, 3.63) is 0 Å². The van der Waals surface area contributed by atoms with Gasteiger partial charge < -0.3 is 10.6 Å². The molecule has 14 heavy (non-hydrogen) atoms. The molecule has 0 radical (unpaired) electrons. The number of nitrogens with one attached hydrogen (secondary N) is 1. The van der Waals surface area contributed by atoms with Gasteiger partial charge in [0.15, 0.2) is 0 Å². The molecule has 1 aliphatic rings. The topological polar surface area (TPSA) is 53.5 Å². The van der Waals surface area contributed by atoms with Crippen molar-refractivity contribution in [3.63, 3.8) is 0 Å². The predicted molar refractivity (Wildman–Crippen MR) is 54.1 cm³/mol. The maximum Gasteiger partial charge on any atom is 0.0306 e. The van der Waals surface area contributed by atoms with Crippen molar-refractivity contribution in [2.24, 2.45) is 0 Å². The lowest BCUT2D eigenvalue weighted by Crippen LogP contribution is -2.31. The zero-order valence-electron chi connectivity index (χ0n) is 8.37. The minimum Gasteiger partial charge on any atom is -0.691 e. The van der Waals surface area contributed by atoms with Crippen molar-refractivity contribution in [3.8, 4) is 0 Å². The summed E-state index contributed by atoms with van der Waals surface area (Å²) < 4.78 is 4.16. The van der Waals surface area contributed by atoms with Crippen molar-refractivity contribution in [2.45, 2.75) is 44.6 Å². The Labute approximate surface area is 89.4 Å². The van der Waals surface area contributed by atoms with Gasteiger partial charge in [-0.15, -0.1) is 0 Å². The summed E-state index contributed by atoms with van der Waals surface area (Å²) >= 11 is 1.07. The fourth-order valence-electron chi connectivity index (χ4n) is 1.80. The van der Waals surface area contributed by atoms with Crippen LogP contribution in [0.1, 0.15) is 38.5 Å². The minimum atomic E-state index is 0.713. The lowest BCUT2D eigenvalue weighted by Gasteiger charge is -2.22. The molecule has 0 aromatic rings. The van der Waals surface area contributed by atoms with E-state index < -0.39 is 0 Å². The second-order valence-electron chi connectivity index (χ2n) is 3.60. The van der Waals surface area contributed by atoms with E-state index >= 15 is 0 Å². The van der Waals surface area contributed by atoms with Crippen LogP contribution in [0.15, 0.2) is 0 Å². The first-order valence-corrected chi connectivity index (χ1v) is 6.16. The number of rotatable bonds is 7. The largest absolute Gasteiger partial charge is 0.691 e. The van der Waals surface area contributed by atoms with Crippen LogP contribution in [-0.2, 0) is 9.37 Å². The van der Waals surface area contributed by atoms with Gasteiger partial charge >= 0.3 is 0 Å². The van der Waals surface area contributed by atoms with Gasteiger partial charge in [0.05, 0.1) is 0 Å². The van der Waals surface area contributed by atoms with E-state index in [0.717, 1.165) is 30.8 Å². The Bertz CT molecular complexity index is 131. The summed E-state index contributed by atoms with van der Waals surface area (Å²) in [6.45, 7) is 1.000. The molecule has 0 bridgehead atoms. The molecule has 1 rings (SSSR count). The van der Waals surface area contributed by atoms with Crippen molar-refractivity contribution in [1.29, 1.82) is 0 Å². The van der Waals surface area contributed by atoms with Crippen LogP contribution in [0, 0.1) is 0 Å². The van der Waals surface area contributed by atoms with E-state index in [1.54, 1.807) is 0 Å². The summed E-state index contributed by atoms with van der Waals surface area (Å²) in [5.41, 5.74) is 0. The molecule has 84 valence electrons. The first-order chi connectivity index (χ1) is 6.93. The van der Waals surface area contributed by atoms with Gasteiger partial charge in [-0.3, -0.25) is 5.04 Å². The van der Waals surface area contributed by atoms with E-state index in [-0.39, 0.29) is 0 Å². The lowest BCUT2D eigenvalue weighted by atomic mass is 9.95. The second-order valence-corrected chi connectivity index (χ2v) is 4.38. The molecular formula is C9H18NO3S-. The molecule has 0 aromatic carbocycles. The van der Waals surface area contributed by atoms with Gasteiger partial charge in [-0.1, -0.05) is 19.3 Å². The first kappa shape index (κ1) is 12.3. The number of hydrogen-bond donors (Lipinski definition) is 1. The Morgan fingerprint density at radius 2 is 2.07 bits per heavy atom. The molecule has 1 fully saturated rings. The molecule has 1 N–H and O–H groups in total. The average molecular weight is 220 g/mol. The zero-order chi connectivity index (χ0) is 10.1. The van der Waals surface area contributed by atoms with Crippen molar-refractivity contribution < 1.29 is 14.6 Å². The quantitative estimate of drug-likeness (QED) is 0.302. The Morgan fingerprint density at radius 1 is 1.29 bits per heavy atom. The molecule has 0 amide bonds. The highest BCUT2D eigenvalue weighted by Crippen LogP contribution is 2.17. The van der Waals surface area contributed by atoms with Crippen LogP contribution in [0.5, 0.6) is 0 Å². The Kier molecular flexibility index (Phi) is 7.44. The zero-order valence-corrected chi connectivity index (χ0v) is 9.18. The molecule has 1 aliphatic carbocycles. The van der Waals surface area contributed by atoms with Crippen LogP contribution < -0.4 is 10.6 Å². The van der Waals surface area contributed by atoms with E-state index in [4.69, 9.17) is 0 Å². The highest BCUT2D eigenvalue weighted by Gasteiger charge is 2.11. The smallest absolute Gasteiger partial charge is 0.0306 e. The molecule has 0 unspecified atom stereocenters. The third-order valence-corrected chi connectivity index (χ3v) is 3.13. The van der Waals surface area contributed by atoms with E-state index in [9.17, 15) is 5.26 Å². The molecule has 0 saturated heterocycles. The van der Waals surface area contributed by atoms with Gasteiger partial charge in [0, 0.05) is 23.8 Å². The standard InChI is InChI=1S/C9H19NO3S/c11-12-13-14-8-4-7-10-9-5-2-1-3-6-9/h9-11H,1-8H2/p-1. The third kappa shape index (κ3) is 5.82. The Hall–Kier alpha value is 0.190. The van der Waals surface area contributed by atoms with Crippen molar-refractivity contribution >= 4 is 12.0 Å². The van der Waals surface area contributed by atoms with Crippen LogP contribution in [-0.4, -0.2) is 18.3 Å². The summed E-state index contributed by atoms with van der Waals surface area (Å²) in [5.74, 6) is 0.794. The molecule has 5 heteroatoms. The summed E-state index contributed by atoms with van der Waals surface area (Å²) in [6.07, 6.45) is 7.74. The maximum absolute atomic E-state index is 9.45. The van der Waals surface area contributed by atoms with Crippen LogP contribution in [0.2, 0.25) is 0 Å². The minimum absolute atomic E-state index is 0.713. The highest BCUT2D eigenvalue weighted by molar-refractivity contribution is 7.94. The van der Waals surface area contributed by atoms with E-state index in [1.807, 2.05) is 0 Å². The fourth-order valence-corrected chi connectivity index (χ4v) is 2.17. The van der Waals surface area contributed by atoms with Gasteiger partial charge in [0.1, 0.15) is 0 Å².